The van der Waals surface area contributed by atoms with E-state index >= 15 is 0 Å². The highest BCUT2D eigenvalue weighted by Crippen LogP contribution is 2.35. The van der Waals surface area contributed by atoms with Crippen molar-refractivity contribution in [3.8, 4) is 0 Å². The van der Waals surface area contributed by atoms with Gasteiger partial charge in [0.2, 0.25) is 0 Å². The SMILES string of the molecule is CC(C)N(CC1CCCN1)C1CC(C)N(C2CC2)C1. The van der Waals surface area contributed by atoms with Crippen LogP contribution in [0, 0.1) is 0 Å². The maximum Gasteiger partial charge on any atom is 0.0241 e. The van der Waals surface area contributed by atoms with Crippen molar-refractivity contribution in [1.82, 2.24) is 15.1 Å². The maximum atomic E-state index is 3.67. The van der Waals surface area contributed by atoms with Crippen molar-refractivity contribution in [2.75, 3.05) is 19.6 Å². The number of nitrogens with one attached hydrogen (secondary N) is 1. The largest absolute Gasteiger partial charge is 0.313 e. The summed E-state index contributed by atoms with van der Waals surface area (Å²) in [6.45, 7) is 11.0. The van der Waals surface area contributed by atoms with E-state index in [2.05, 4.69) is 35.9 Å². The third-order valence-electron chi connectivity index (χ3n) is 5.34. The Balaban J connectivity index is 1.59. The first-order valence-electron chi connectivity index (χ1n) is 8.40. The van der Waals surface area contributed by atoms with Gasteiger partial charge in [-0.25, -0.2) is 0 Å². The summed E-state index contributed by atoms with van der Waals surface area (Å²) < 4.78 is 0. The lowest BCUT2D eigenvalue weighted by molar-refractivity contribution is 0.138. The van der Waals surface area contributed by atoms with Crippen LogP contribution in [-0.4, -0.2) is 59.6 Å². The maximum absolute atomic E-state index is 3.67. The van der Waals surface area contributed by atoms with Crippen LogP contribution in [0.2, 0.25) is 0 Å². The van der Waals surface area contributed by atoms with E-state index < -0.39 is 0 Å². The van der Waals surface area contributed by atoms with Gasteiger partial charge in [-0.3, -0.25) is 9.80 Å². The van der Waals surface area contributed by atoms with Gasteiger partial charge in [-0.15, -0.1) is 0 Å². The van der Waals surface area contributed by atoms with E-state index in [0.717, 1.165) is 24.2 Å². The average Bonchev–Trinajstić information content (AvgIpc) is 2.94. The van der Waals surface area contributed by atoms with Crippen molar-refractivity contribution in [1.29, 1.82) is 0 Å². The molecule has 3 heteroatoms. The fourth-order valence-electron chi connectivity index (χ4n) is 4.13. The molecule has 19 heavy (non-hydrogen) atoms. The van der Waals surface area contributed by atoms with Gasteiger partial charge in [0, 0.05) is 43.3 Å². The van der Waals surface area contributed by atoms with Gasteiger partial charge in [-0.05, 0) is 59.4 Å². The van der Waals surface area contributed by atoms with Gasteiger partial charge in [0.1, 0.15) is 0 Å². The van der Waals surface area contributed by atoms with E-state index in [9.17, 15) is 0 Å². The molecule has 0 amide bonds. The van der Waals surface area contributed by atoms with Crippen molar-refractivity contribution in [2.24, 2.45) is 0 Å². The Morgan fingerprint density at radius 1 is 1.26 bits per heavy atom. The zero-order chi connectivity index (χ0) is 13.4. The molecule has 2 aliphatic heterocycles. The molecule has 3 nitrogen and oxygen atoms in total. The highest BCUT2D eigenvalue weighted by atomic mass is 15.3. The number of rotatable bonds is 5. The Morgan fingerprint density at radius 2 is 2.05 bits per heavy atom. The summed E-state index contributed by atoms with van der Waals surface area (Å²) in [7, 11) is 0. The molecular formula is C16H31N3. The summed E-state index contributed by atoms with van der Waals surface area (Å²) >= 11 is 0. The summed E-state index contributed by atoms with van der Waals surface area (Å²) in [6, 6.07) is 3.94. The summed E-state index contributed by atoms with van der Waals surface area (Å²) in [6.07, 6.45) is 7.01. The van der Waals surface area contributed by atoms with Crippen molar-refractivity contribution in [2.45, 2.75) is 83.1 Å². The third-order valence-corrected chi connectivity index (χ3v) is 5.34. The van der Waals surface area contributed by atoms with Crippen LogP contribution in [0.4, 0.5) is 0 Å². The molecule has 1 saturated carbocycles. The van der Waals surface area contributed by atoms with E-state index in [-0.39, 0.29) is 0 Å². The molecule has 2 heterocycles. The Bertz CT molecular complexity index is 294. The Labute approximate surface area is 118 Å². The van der Waals surface area contributed by atoms with Crippen molar-refractivity contribution in [3.05, 3.63) is 0 Å². The molecule has 0 aromatic heterocycles. The van der Waals surface area contributed by atoms with E-state index in [1.165, 1.54) is 51.7 Å². The second kappa shape index (κ2) is 5.71. The molecular weight excluding hydrogens is 234 g/mol. The lowest BCUT2D eigenvalue weighted by atomic mass is 10.1. The number of hydrogen-bond donors (Lipinski definition) is 1. The van der Waals surface area contributed by atoms with Crippen LogP contribution < -0.4 is 5.32 Å². The van der Waals surface area contributed by atoms with Gasteiger partial charge in [-0.2, -0.15) is 0 Å². The highest BCUT2D eigenvalue weighted by Gasteiger charge is 2.41. The van der Waals surface area contributed by atoms with Crippen LogP contribution >= 0.6 is 0 Å². The summed E-state index contributed by atoms with van der Waals surface area (Å²) in [4.78, 5) is 5.56. The summed E-state index contributed by atoms with van der Waals surface area (Å²) in [5, 5.41) is 3.67. The van der Waals surface area contributed by atoms with Crippen molar-refractivity contribution >= 4 is 0 Å². The topological polar surface area (TPSA) is 18.5 Å². The van der Waals surface area contributed by atoms with Crippen LogP contribution in [0.15, 0.2) is 0 Å². The molecule has 3 atom stereocenters. The predicted octanol–water partition coefficient (Wildman–Crippen LogP) is 2.07. The van der Waals surface area contributed by atoms with Gasteiger partial charge >= 0.3 is 0 Å². The Kier molecular flexibility index (Phi) is 4.16. The molecule has 0 bridgehead atoms. The van der Waals surface area contributed by atoms with Gasteiger partial charge in [0.25, 0.3) is 0 Å². The monoisotopic (exact) mass is 265 g/mol. The van der Waals surface area contributed by atoms with Crippen LogP contribution in [0.3, 0.4) is 0 Å². The number of nitrogens with zero attached hydrogens (tertiary/aromatic N) is 2. The smallest absolute Gasteiger partial charge is 0.0241 e. The van der Waals surface area contributed by atoms with Gasteiger partial charge in [0.05, 0.1) is 0 Å². The van der Waals surface area contributed by atoms with E-state index in [1.807, 2.05) is 0 Å². The standard InChI is InChI=1S/C16H31N3/c1-12(2)18(10-14-5-4-8-17-14)16-9-13(3)19(11-16)15-6-7-15/h12-17H,4-11H2,1-3H3. The number of likely N-dealkylation sites (tertiary alicyclic amines) is 1. The van der Waals surface area contributed by atoms with Crippen LogP contribution in [0.5, 0.6) is 0 Å². The van der Waals surface area contributed by atoms with Crippen LogP contribution in [0.1, 0.15) is 52.9 Å². The molecule has 1 N–H and O–H groups in total. The second-order valence-electron chi connectivity index (χ2n) is 7.25. The van der Waals surface area contributed by atoms with E-state index in [0.29, 0.717) is 6.04 Å². The predicted molar refractivity (Wildman–Crippen MR) is 80.5 cm³/mol. The normalized spacial score (nSPS) is 36.8. The summed E-state index contributed by atoms with van der Waals surface area (Å²) in [5.41, 5.74) is 0. The van der Waals surface area contributed by atoms with Crippen molar-refractivity contribution in [3.63, 3.8) is 0 Å². The third kappa shape index (κ3) is 3.14. The zero-order valence-corrected chi connectivity index (χ0v) is 12.9. The molecule has 110 valence electrons. The Hall–Kier alpha value is -0.120. The molecule has 3 aliphatic rings. The molecule has 0 radical (unpaired) electrons. The molecule has 2 saturated heterocycles. The second-order valence-corrected chi connectivity index (χ2v) is 7.25. The molecule has 3 fully saturated rings. The minimum atomic E-state index is 0.679. The lowest BCUT2D eigenvalue weighted by Crippen LogP contribution is -2.48. The molecule has 0 aromatic carbocycles. The zero-order valence-electron chi connectivity index (χ0n) is 12.9. The minimum absolute atomic E-state index is 0.679. The first-order chi connectivity index (χ1) is 9.15. The molecule has 3 rings (SSSR count). The van der Waals surface area contributed by atoms with E-state index in [1.54, 1.807) is 0 Å². The number of hydrogen-bond acceptors (Lipinski definition) is 3. The molecule has 0 aromatic rings. The van der Waals surface area contributed by atoms with Gasteiger partial charge in [-0.1, -0.05) is 0 Å². The molecule has 0 spiro atoms. The fraction of sp³-hybridized carbons (Fsp3) is 1.00. The fourth-order valence-corrected chi connectivity index (χ4v) is 4.13. The van der Waals surface area contributed by atoms with Crippen LogP contribution in [-0.2, 0) is 0 Å². The van der Waals surface area contributed by atoms with Crippen LogP contribution in [0.25, 0.3) is 0 Å². The first kappa shape index (κ1) is 13.8. The Morgan fingerprint density at radius 3 is 2.63 bits per heavy atom. The minimum Gasteiger partial charge on any atom is -0.313 e. The van der Waals surface area contributed by atoms with Gasteiger partial charge < -0.3 is 5.32 Å². The van der Waals surface area contributed by atoms with Crippen molar-refractivity contribution < 1.29 is 0 Å². The first-order valence-corrected chi connectivity index (χ1v) is 8.40. The quantitative estimate of drug-likeness (QED) is 0.821. The molecule has 3 unspecified atom stereocenters. The highest BCUT2D eigenvalue weighted by molar-refractivity contribution is 4.98. The summed E-state index contributed by atoms with van der Waals surface area (Å²) in [5.74, 6) is 0. The molecule has 1 aliphatic carbocycles. The average molecular weight is 265 g/mol. The van der Waals surface area contributed by atoms with E-state index in [4.69, 9.17) is 0 Å². The lowest BCUT2D eigenvalue weighted by Gasteiger charge is -2.34. The van der Waals surface area contributed by atoms with Gasteiger partial charge in [0.15, 0.2) is 0 Å².